The number of amides is 2. The van der Waals surface area contributed by atoms with Crippen LogP contribution in [-0.2, 0) is 11.3 Å². The van der Waals surface area contributed by atoms with E-state index < -0.39 is 5.91 Å². The van der Waals surface area contributed by atoms with Gasteiger partial charge in [0, 0.05) is 38.3 Å². The number of nitrogens with two attached hydrogens (primary N) is 1. The van der Waals surface area contributed by atoms with E-state index in [-0.39, 0.29) is 11.9 Å². The fourth-order valence-corrected chi connectivity index (χ4v) is 2.60. The summed E-state index contributed by atoms with van der Waals surface area (Å²) in [6, 6.07) is 7.06. The van der Waals surface area contributed by atoms with Crippen molar-refractivity contribution in [3.05, 3.63) is 35.4 Å². The Bertz CT molecular complexity index is 518. The van der Waals surface area contributed by atoms with Crippen LogP contribution in [0.3, 0.4) is 0 Å². The van der Waals surface area contributed by atoms with E-state index in [9.17, 15) is 9.59 Å². The number of piperazine rings is 1. The molecule has 4 N–H and O–H groups in total. The van der Waals surface area contributed by atoms with Gasteiger partial charge in [0.15, 0.2) is 0 Å². The summed E-state index contributed by atoms with van der Waals surface area (Å²) < 4.78 is 0. The van der Waals surface area contributed by atoms with Crippen molar-refractivity contribution in [2.45, 2.75) is 19.5 Å². The maximum atomic E-state index is 12.1. The second-order valence-electron chi connectivity index (χ2n) is 5.11. The smallest absolute Gasteiger partial charge is 0.249 e. The molecule has 0 aliphatic carbocycles. The van der Waals surface area contributed by atoms with E-state index in [1.54, 1.807) is 12.1 Å². The molecule has 1 atom stereocenters. The number of carbonyl (C=O) groups excluding carboxylic acids is 2. The summed E-state index contributed by atoms with van der Waals surface area (Å²) in [5, 5.41) is 6.09. The van der Waals surface area contributed by atoms with Gasteiger partial charge in [-0.25, -0.2) is 0 Å². The van der Waals surface area contributed by atoms with E-state index in [2.05, 4.69) is 15.5 Å². The van der Waals surface area contributed by atoms with Crippen molar-refractivity contribution in [3.63, 3.8) is 0 Å². The van der Waals surface area contributed by atoms with Crippen LogP contribution in [0.4, 0.5) is 0 Å². The summed E-state index contributed by atoms with van der Waals surface area (Å²) in [5.41, 5.74) is 6.79. The number of nitrogens with zero attached hydrogens (tertiary/aromatic N) is 1. The van der Waals surface area contributed by atoms with E-state index in [1.807, 2.05) is 19.1 Å². The molecular formula is C15H22N4O2. The Morgan fingerprint density at radius 1 is 1.43 bits per heavy atom. The average Bonchev–Trinajstić information content (AvgIpc) is 2.48. The Balaban J connectivity index is 2.16. The van der Waals surface area contributed by atoms with E-state index in [4.69, 9.17) is 5.73 Å². The zero-order chi connectivity index (χ0) is 15.2. The summed E-state index contributed by atoms with van der Waals surface area (Å²) in [7, 11) is 0. The zero-order valence-electron chi connectivity index (χ0n) is 12.3. The number of benzene rings is 1. The van der Waals surface area contributed by atoms with Gasteiger partial charge in [0.05, 0.1) is 0 Å². The van der Waals surface area contributed by atoms with Crippen LogP contribution < -0.4 is 16.4 Å². The lowest BCUT2D eigenvalue weighted by molar-refractivity contribution is -0.127. The lowest BCUT2D eigenvalue weighted by Crippen LogP contribution is -2.57. The van der Waals surface area contributed by atoms with Crippen LogP contribution in [0.1, 0.15) is 22.8 Å². The van der Waals surface area contributed by atoms with Crippen LogP contribution in [0.5, 0.6) is 0 Å². The Hall–Kier alpha value is -1.92. The Kier molecular flexibility index (Phi) is 5.30. The average molecular weight is 290 g/mol. The fraction of sp³-hybridized carbons (Fsp3) is 0.467. The molecule has 0 spiro atoms. The van der Waals surface area contributed by atoms with Gasteiger partial charge in [-0.15, -0.1) is 0 Å². The van der Waals surface area contributed by atoms with Gasteiger partial charge in [-0.2, -0.15) is 0 Å². The molecule has 6 heteroatoms. The highest BCUT2D eigenvalue weighted by atomic mass is 16.2. The predicted molar refractivity (Wildman–Crippen MR) is 80.7 cm³/mol. The third-order valence-corrected chi connectivity index (χ3v) is 3.66. The largest absolute Gasteiger partial charge is 0.366 e. The Morgan fingerprint density at radius 2 is 2.19 bits per heavy atom. The lowest BCUT2D eigenvalue weighted by Gasteiger charge is -2.35. The molecule has 0 radical (unpaired) electrons. The first-order valence-electron chi connectivity index (χ1n) is 7.23. The molecular weight excluding hydrogens is 268 g/mol. The Labute approximate surface area is 124 Å². The molecule has 1 aliphatic rings. The molecule has 1 aromatic rings. The minimum atomic E-state index is -0.435. The molecule has 2 rings (SSSR count). The topological polar surface area (TPSA) is 87.5 Å². The number of likely N-dealkylation sites (N-methyl/N-ethyl adjacent to an activating group) is 1. The first-order valence-corrected chi connectivity index (χ1v) is 7.23. The summed E-state index contributed by atoms with van der Waals surface area (Å²) >= 11 is 0. The molecule has 0 saturated carbocycles. The summed E-state index contributed by atoms with van der Waals surface area (Å²) in [5.74, 6) is -0.420. The highest BCUT2D eigenvalue weighted by Gasteiger charge is 2.28. The van der Waals surface area contributed by atoms with Gasteiger partial charge >= 0.3 is 0 Å². The molecule has 1 unspecified atom stereocenters. The normalized spacial score (nSPS) is 19.2. The predicted octanol–water partition coefficient (Wildman–Crippen LogP) is -0.305. The second kappa shape index (κ2) is 7.19. The first-order chi connectivity index (χ1) is 10.1. The van der Waals surface area contributed by atoms with Gasteiger partial charge in [-0.1, -0.05) is 18.2 Å². The number of rotatable bonds is 5. The number of hydrogen-bond acceptors (Lipinski definition) is 4. The van der Waals surface area contributed by atoms with Crippen LogP contribution in [-0.4, -0.2) is 48.9 Å². The van der Waals surface area contributed by atoms with Gasteiger partial charge in [-0.3, -0.25) is 14.5 Å². The van der Waals surface area contributed by atoms with Gasteiger partial charge in [-0.05, 0) is 18.6 Å². The van der Waals surface area contributed by atoms with Crippen LogP contribution in [0.15, 0.2) is 24.3 Å². The number of carbonyl (C=O) groups is 2. The van der Waals surface area contributed by atoms with Gasteiger partial charge in [0.25, 0.3) is 0 Å². The number of primary amides is 1. The van der Waals surface area contributed by atoms with Gasteiger partial charge < -0.3 is 16.4 Å². The van der Waals surface area contributed by atoms with Gasteiger partial charge in [0.2, 0.25) is 11.8 Å². The monoisotopic (exact) mass is 290 g/mol. The van der Waals surface area contributed by atoms with Crippen molar-refractivity contribution < 1.29 is 9.59 Å². The molecule has 1 aromatic carbocycles. The van der Waals surface area contributed by atoms with Crippen LogP contribution in [0, 0.1) is 0 Å². The molecule has 114 valence electrons. The van der Waals surface area contributed by atoms with E-state index in [0.717, 1.165) is 18.7 Å². The van der Waals surface area contributed by atoms with Crippen molar-refractivity contribution in [3.8, 4) is 0 Å². The van der Waals surface area contributed by atoms with Crippen molar-refractivity contribution in [1.82, 2.24) is 15.5 Å². The molecule has 1 saturated heterocycles. The van der Waals surface area contributed by atoms with Crippen LogP contribution >= 0.6 is 0 Å². The minimum absolute atomic E-state index is 0.0151. The van der Waals surface area contributed by atoms with Crippen molar-refractivity contribution >= 4 is 11.8 Å². The number of hydrogen-bond donors (Lipinski definition) is 3. The Morgan fingerprint density at radius 3 is 2.90 bits per heavy atom. The molecule has 2 amide bonds. The van der Waals surface area contributed by atoms with E-state index in [0.29, 0.717) is 25.2 Å². The quantitative estimate of drug-likeness (QED) is 0.694. The molecule has 1 fully saturated rings. The molecule has 0 bridgehead atoms. The van der Waals surface area contributed by atoms with Gasteiger partial charge in [0.1, 0.15) is 6.04 Å². The summed E-state index contributed by atoms with van der Waals surface area (Å²) in [6.07, 6.45) is 0. The summed E-state index contributed by atoms with van der Waals surface area (Å²) in [6.45, 7) is 5.26. The highest BCUT2D eigenvalue weighted by molar-refractivity contribution is 5.94. The number of nitrogens with one attached hydrogen (secondary N) is 2. The standard InChI is InChI=1S/C15H22N4O2/c1-2-18-15(21)13-9-17-7-8-19(13)10-11-5-3-4-6-12(11)14(16)20/h3-6,13,17H,2,7-10H2,1H3,(H2,16,20)(H,18,21). The maximum absolute atomic E-state index is 12.1. The summed E-state index contributed by atoms with van der Waals surface area (Å²) in [4.78, 5) is 25.7. The lowest BCUT2D eigenvalue weighted by atomic mass is 10.0. The molecule has 1 heterocycles. The van der Waals surface area contributed by atoms with E-state index in [1.165, 1.54) is 0 Å². The van der Waals surface area contributed by atoms with Crippen molar-refractivity contribution in [2.24, 2.45) is 5.73 Å². The first kappa shape index (κ1) is 15.5. The van der Waals surface area contributed by atoms with Crippen molar-refractivity contribution in [2.75, 3.05) is 26.2 Å². The molecule has 6 nitrogen and oxygen atoms in total. The maximum Gasteiger partial charge on any atom is 0.249 e. The van der Waals surface area contributed by atoms with Crippen molar-refractivity contribution in [1.29, 1.82) is 0 Å². The minimum Gasteiger partial charge on any atom is -0.366 e. The SMILES string of the molecule is CCNC(=O)C1CNCCN1Cc1ccccc1C(N)=O. The van der Waals surface area contributed by atoms with E-state index >= 15 is 0 Å². The molecule has 0 aromatic heterocycles. The highest BCUT2D eigenvalue weighted by Crippen LogP contribution is 2.14. The van der Waals surface area contributed by atoms with Crippen LogP contribution in [0.2, 0.25) is 0 Å². The fourth-order valence-electron chi connectivity index (χ4n) is 2.60. The third kappa shape index (κ3) is 3.80. The second-order valence-corrected chi connectivity index (χ2v) is 5.11. The molecule has 1 aliphatic heterocycles. The van der Waals surface area contributed by atoms with Crippen LogP contribution in [0.25, 0.3) is 0 Å². The molecule has 21 heavy (non-hydrogen) atoms. The zero-order valence-corrected chi connectivity index (χ0v) is 12.3. The third-order valence-electron chi connectivity index (χ3n) is 3.66.